The van der Waals surface area contributed by atoms with Gasteiger partial charge >= 0.3 is 0 Å². The van der Waals surface area contributed by atoms with Crippen molar-refractivity contribution in [3.05, 3.63) is 40.4 Å². The monoisotopic (exact) mass is 288 g/mol. The van der Waals surface area contributed by atoms with Gasteiger partial charge in [0.15, 0.2) is 0 Å². The molecule has 0 saturated carbocycles. The molecule has 0 bridgehead atoms. The number of likely N-dealkylation sites (tertiary alicyclic amines) is 1. The molecule has 0 N–H and O–H groups in total. The Hall–Kier alpha value is -1.79. The molecule has 104 valence electrons. The number of halogens is 1. The van der Waals surface area contributed by atoms with Gasteiger partial charge in [0, 0.05) is 18.1 Å². The van der Waals surface area contributed by atoms with Gasteiger partial charge in [-0.3, -0.25) is 4.79 Å². The minimum Gasteiger partial charge on any atom is -0.338 e. The van der Waals surface area contributed by atoms with Gasteiger partial charge in [0.2, 0.25) is 0 Å². The summed E-state index contributed by atoms with van der Waals surface area (Å²) in [4.78, 5) is 14.2. The van der Waals surface area contributed by atoms with E-state index in [1.807, 2.05) is 6.07 Å². The first-order valence-electron chi connectivity index (χ1n) is 6.87. The van der Waals surface area contributed by atoms with E-state index in [9.17, 15) is 10.1 Å². The van der Waals surface area contributed by atoms with E-state index < -0.39 is 0 Å². The Bertz CT molecular complexity index is 535. The first kappa shape index (κ1) is 14.6. The van der Waals surface area contributed by atoms with Crippen LogP contribution in [0.4, 0.5) is 0 Å². The van der Waals surface area contributed by atoms with Crippen LogP contribution in [-0.4, -0.2) is 23.9 Å². The van der Waals surface area contributed by atoms with Crippen molar-refractivity contribution < 1.29 is 4.79 Å². The van der Waals surface area contributed by atoms with E-state index in [1.54, 1.807) is 35.2 Å². The van der Waals surface area contributed by atoms with Gasteiger partial charge in [-0.15, -0.1) is 0 Å². The molecule has 20 heavy (non-hydrogen) atoms. The van der Waals surface area contributed by atoms with Crippen LogP contribution in [0.3, 0.4) is 0 Å². The molecule has 0 aliphatic carbocycles. The molecule has 1 heterocycles. The largest absolute Gasteiger partial charge is 0.338 e. The van der Waals surface area contributed by atoms with Crippen LogP contribution in [0.1, 0.15) is 31.2 Å². The van der Waals surface area contributed by atoms with Crippen molar-refractivity contribution in [2.45, 2.75) is 25.7 Å². The molecule has 1 saturated heterocycles. The summed E-state index contributed by atoms with van der Waals surface area (Å²) in [6, 6.07) is 9.12. The van der Waals surface area contributed by atoms with Gasteiger partial charge in [0.25, 0.3) is 5.91 Å². The van der Waals surface area contributed by atoms with E-state index in [0.717, 1.165) is 44.3 Å². The zero-order chi connectivity index (χ0) is 14.4. The summed E-state index contributed by atoms with van der Waals surface area (Å²) >= 11 is 5.82. The second kappa shape index (κ2) is 7.12. The molecule has 0 unspecified atom stereocenters. The summed E-state index contributed by atoms with van der Waals surface area (Å²) < 4.78 is 0. The molecule has 1 aliphatic rings. The Morgan fingerprint density at radius 3 is 2.30 bits per heavy atom. The standard InChI is InChI=1S/C16H17ClN2O/c17-15-7-5-13(6-8-15)11-14(12-18)16(20)19-9-3-1-2-4-10-19/h5-8,11H,1-4,9-10H2/b14-11+. The highest BCUT2D eigenvalue weighted by Gasteiger charge is 2.19. The first-order valence-corrected chi connectivity index (χ1v) is 7.25. The molecule has 1 aliphatic heterocycles. The molecule has 0 aromatic heterocycles. The third-order valence-electron chi connectivity index (χ3n) is 3.43. The van der Waals surface area contributed by atoms with Gasteiger partial charge in [-0.05, 0) is 36.6 Å². The van der Waals surface area contributed by atoms with Gasteiger partial charge in [-0.2, -0.15) is 5.26 Å². The molecular formula is C16H17ClN2O. The van der Waals surface area contributed by atoms with Crippen LogP contribution in [0.2, 0.25) is 5.02 Å². The lowest BCUT2D eigenvalue weighted by Crippen LogP contribution is -2.32. The predicted molar refractivity (Wildman–Crippen MR) is 80.1 cm³/mol. The number of hydrogen-bond donors (Lipinski definition) is 0. The topological polar surface area (TPSA) is 44.1 Å². The Kier molecular flexibility index (Phi) is 5.20. The minimum atomic E-state index is -0.163. The highest BCUT2D eigenvalue weighted by Crippen LogP contribution is 2.16. The third kappa shape index (κ3) is 3.85. The van der Waals surface area contributed by atoms with Crippen LogP contribution in [0.5, 0.6) is 0 Å². The number of amides is 1. The van der Waals surface area contributed by atoms with Crippen LogP contribution < -0.4 is 0 Å². The van der Waals surface area contributed by atoms with E-state index in [4.69, 9.17) is 11.6 Å². The molecule has 1 fully saturated rings. The van der Waals surface area contributed by atoms with Crippen LogP contribution >= 0.6 is 11.6 Å². The number of rotatable bonds is 2. The molecule has 0 atom stereocenters. The highest BCUT2D eigenvalue weighted by atomic mass is 35.5. The van der Waals surface area contributed by atoms with Crippen LogP contribution in [-0.2, 0) is 4.79 Å². The maximum absolute atomic E-state index is 12.4. The number of benzene rings is 1. The molecule has 4 heteroatoms. The van der Waals surface area contributed by atoms with E-state index >= 15 is 0 Å². The van der Waals surface area contributed by atoms with Crippen LogP contribution in [0.15, 0.2) is 29.8 Å². The number of hydrogen-bond acceptors (Lipinski definition) is 2. The maximum atomic E-state index is 12.4. The number of nitrogens with zero attached hydrogens (tertiary/aromatic N) is 2. The first-order chi connectivity index (χ1) is 9.70. The number of carbonyl (C=O) groups is 1. The smallest absolute Gasteiger partial charge is 0.264 e. The quantitative estimate of drug-likeness (QED) is 0.616. The maximum Gasteiger partial charge on any atom is 0.264 e. The average molecular weight is 289 g/mol. The Morgan fingerprint density at radius 2 is 1.75 bits per heavy atom. The van der Waals surface area contributed by atoms with Crippen molar-refractivity contribution in [3.63, 3.8) is 0 Å². The zero-order valence-corrected chi connectivity index (χ0v) is 12.1. The van der Waals surface area contributed by atoms with Crippen molar-refractivity contribution in [1.82, 2.24) is 4.90 Å². The molecule has 0 spiro atoms. The van der Waals surface area contributed by atoms with Crippen molar-refractivity contribution in [2.75, 3.05) is 13.1 Å². The summed E-state index contributed by atoms with van der Waals surface area (Å²) in [6.45, 7) is 1.50. The molecular weight excluding hydrogens is 272 g/mol. The lowest BCUT2D eigenvalue weighted by molar-refractivity contribution is -0.126. The highest BCUT2D eigenvalue weighted by molar-refractivity contribution is 6.30. The van der Waals surface area contributed by atoms with Crippen molar-refractivity contribution in [1.29, 1.82) is 5.26 Å². The van der Waals surface area contributed by atoms with Gasteiger partial charge in [0.05, 0.1) is 0 Å². The second-order valence-electron chi connectivity index (χ2n) is 4.93. The predicted octanol–water partition coefficient (Wildman–Crippen LogP) is 3.65. The fraction of sp³-hybridized carbons (Fsp3) is 0.375. The lowest BCUT2D eigenvalue weighted by Gasteiger charge is -2.19. The molecule has 0 radical (unpaired) electrons. The molecule has 3 nitrogen and oxygen atoms in total. The van der Waals surface area contributed by atoms with Crippen molar-refractivity contribution in [2.24, 2.45) is 0 Å². The van der Waals surface area contributed by atoms with Gasteiger partial charge in [0.1, 0.15) is 11.6 Å². The fourth-order valence-corrected chi connectivity index (χ4v) is 2.44. The van der Waals surface area contributed by atoms with Gasteiger partial charge in [-0.25, -0.2) is 0 Å². The minimum absolute atomic E-state index is 0.163. The number of nitriles is 1. The summed E-state index contributed by atoms with van der Waals surface area (Å²) in [6.07, 6.45) is 5.99. The van der Waals surface area contributed by atoms with Gasteiger partial charge < -0.3 is 4.90 Å². The van der Waals surface area contributed by atoms with E-state index in [-0.39, 0.29) is 11.5 Å². The van der Waals surface area contributed by atoms with Crippen LogP contribution in [0.25, 0.3) is 6.08 Å². The SMILES string of the molecule is N#C/C(=C\c1ccc(Cl)cc1)C(=O)N1CCCCCC1. The Labute approximate surface area is 124 Å². The molecule has 1 amide bonds. The van der Waals surface area contributed by atoms with E-state index in [1.165, 1.54) is 0 Å². The third-order valence-corrected chi connectivity index (χ3v) is 3.68. The Morgan fingerprint density at radius 1 is 1.15 bits per heavy atom. The van der Waals surface area contributed by atoms with E-state index in [0.29, 0.717) is 5.02 Å². The van der Waals surface area contributed by atoms with Gasteiger partial charge in [-0.1, -0.05) is 36.6 Å². The molecule has 2 rings (SSSR count). The molecule has 1 aromatic rings. The number of carbonyl (C=O) groups excluding carboxylic acids is 1. The van der Waals surface area contributed by atoms with Crippen molar-refractivity contribution in [3.8, 4) is 6.07 Å². The lowest BCUT2D eigenvalue weighted by atomic mass is 10.1. The second-order valence-corrected chi connectivity index (χ2v) is 5.36. The van der Waals surface area contributed by atoms with Crippen LogP contribution in [0, 0.1) is 11.3 Å². The summed E-state index contributed by atoms with van der Waals surface area (Å²) in [5.41, 5.74) is 1.00. The van der Waals surface area contributed by atoms with E-state index in [2.05, 4.69) is 0 Å². The van der Waals surface area contributed by atoms with Crippen molar-refractivity contribution >= 4 is 23.6 Å². The molecule has 1 aromatic carbocycles. The summed E-state index contributed by atoms with van der Waals surface area (Å²) in [7, 11) is 0. The zero-order valence-electron chi connectivity index (χ0n) is 11.3. The normalized spacial score (nSPS) is 16.4. The Balaban J connectivity index is 2.16. The average Bonchev–Trinajstić information content (AvgIpc) is 2.75. The summed E-state index contributed by atoms with van der Waals surface area (Å²) in [5.74, 6) is -0.163. The summed E-state index contributed by atoms with van der Waals surface area (Å²) in [5, 5.41) is 9.86. The fourth-order valence-electron chi connectivity index (χ4n) is 2.31.